The van der Waals surface area contributed by atoms with Crippen molar-refractivity contribution in [2.24, 2.45) is 0 Å². The van der Waals surface area contributed by atoms with Crippen LogP contribution in [0.3, 0.4) is 0 Å². The fourth-order valence-corrected chi connectivity index (χ4v) is 2.32. The lowest BCUT2D eigenvalue weighted by Crippen LogP contribution is -2.40. The molecule has 0 spiro atoms. The smallest absolute Gasteiger partial charge is 0.242 e. The highest BCUT2D eigenvalue weighted by molar-refractivity contribution is 5.83. The van der Waals surface area contributed by atoms with Crippen molar-refractivity contribution >= 4 is 11.8 Å². The topological polar surface area (TPSA) is 40.6 Å². The summed E-state index contributed by atoms with van der Waals surface area (Å²) < 4.78 is 13.0. The fourth-order valence-electron chi connectivity index (χ4n) is 2.32. The third-order valence-corrected chi connectivity index (χ3v) is 3.75. The van der Waals surface area contributed by atoms with Gasteiger partial charge in [0.1, 0.15) is 12.4 Å². The summed E-state index contributed by atoms with van der Waals surface area (Å²) in [6, 6.07) is 15.6. The molecule has 0 heterocycles. The van der Waals surface area contributed by atoms with Crippen LogP contribution in [0.25, 0.3) is 0 Å². The van der Waals surface area contributed by atoms with E-state index in [4.69, 9.17) is 0 Å². The van der Waals surface area contributed by atoms with Crippen molar-refractivity contribution in [2.45, 2.75) is 20.0 Å². The highest BCUT2D eigenvalue weighted by atomic mass is 19.1. The molecule has 24 heavy (non-hydrogen) atoms. The van der Waals surface area contributed by atoms with E-state index in [1.54, 1.807) is 24.1 Å². The Bertz CT molecular complexity index is 686. The van der Waals surface area contributed by atoms with Gasteiger partial charge in [-0.2, -0.15) is 0 Å². The lowest BCUT2D eigenvalue weighted by Gasteiger charge is -2.24. The van der Waals surface area contributed by atoms with Gasteiger partial charge in [0.25, 0.3) is 0 Å². The molecule has 0 unspecified atom stereocenters. The Kier molecular flexibility index (Phi) is 6.07. The summed E-state index contributed by atoms with van der Waals surface area (Å²) in [5.41, 5.74) is 1.81. The van der Waals surface area contributed by atoms with E-state index in [-0.39, 0.29) is 30.7 Å². The van der Waals surface area contributed by atoms with E-state index in [0.29, 0.717) is 6.54 Å². The zero-order valence-electron chi connectivity index (χ0n) is 13.9. The Morgan fingerprint density at radius 1 is 0.917 bits per heavy atom. The number of carbonyl (C=O) groups excluding carboxylic acids is 2. The predicted molar refractivity (Wildman–Crippen MR) is 90.4 cm³/mol. The Morgan fingerprint density at radius 3 is 2.08 bits per heavy atom. The zero-order valence-corrected chi connectivity index (χ0v) is 13.9. The lowest BCUT2D eigenvalue weighted by atomic mass is 10.2. The van der Waals surface area contributed by atoms with Crippen molar-refractivity contribution in [1.29, 1.82) is 0 Å². The van der Waals surface area contributed by atoms with Crippen LogP contribution in [-0.4, -0.2) is 35.2 Å². The van der Waals surface area contributed by atoms with Gasteiger partial charge in [-0.25, -0.2) is 4.39 Å². The largest absolute Gasteiger partial charge is 0.340 e. The van der Waals surface area contributed by atoms with Crippen LogP contribution >= 0.6 is 0 Å². The number of nitrogens with zero attached hydrogens (tertiary/aromatic N) is 2. The van der Waals surface area contributed by atoms with Crippen LogP contribution in [0, 0.1) is 5.82 Å². The highest BCUT2D eigenvalue weighted by Gasteiger charge is 2.17. The van der Waals surface area contributed by atoms with E-state index in [1.165, 1.54) is 24.0 Å². The lowest BCUT2D eigenvalue weighted by molar-refractivity contribution is -0.139. The predicted octanol–water partition coefficient (Wildman–Crippen LogP) is 2.83. The first kappa shape index (κ1) is 17.7. The molecule has 4 nitrogen and oxygen atoms in total. The van der Waals surface area contributed by atoms with Gasteiger partial charge in [0.2, 0.25) is 11.8 Å². The summed E-state index contributed by atoms with van der Waals surface area (Å²) in [6.07, 6.45) is 0. The molecule has 0 aliphatic carbocycles. The van der Waals surface area contributed by atoms with Gasteiger partial charge in [-0.05, 0) is 23.3 Å². The first-order chi connectivity index (χ1) is 11.5. The van der Waals surface area contributed by atoms with Crippen LogP contribution in [-0.2, 0) is 22.7 Å². The molecule has 2 amide bonds. The second-order valence-electron chi connectivity index (χ2n) is 5.74. The third-order valence-electron chi connectivity index (χ3n) is 3.75. The minimum atomic E-state index is -0.327. The molecule has 0 atom stereocenters. The molecule has 0 aliphatic rings. The van der Waals surface area contributed by atoms with Crippen molar-refractivity contribution in [3.8, 4) is 0 Å². The first-order valence-corrected chi connectivity index (χ1v) is 7.73. The molecule has 0 aliphatic heterocycles. The molecule has 0 bridgehead atoms. The molecule has 0 saturated heterocycles. The number of likely N-dealkylation sites (N-methyl/N-ethyl adjacent to an activating group) is 1. The van der Waals surface area contributed by atoms with Crippen LogP contribution in [0.15, 0.2) is 54.6 Å². The van der Waals surface area contributed by atoms with Gasteiger partial charge < -0.3 is 9.80 Å². The molecule has 0 aromatic heterocycles. The van der Waals surface area contributed by atoms with Crippen molar-refractivity contribution < 1.29 is 14.0 Å². The molecule has 0 radical (unpaired) electrons. The van der Waals surface area contributed by atoms with Crippen molar-refractivity contribution in [3.05, 3.63) is 71.5 Å². The van der Waals surface area contributed by atoms with Gasteiger partial charge in [-0.3, -0.25) is 9.59 Å². The minimum Gasteiger partial charge on any atom is -0.340 e. The maximum Gasteiger partial charge on any atom is 0.242 e. The molecule has 126 valence electrons. The maximum absolute atomic E-state index is 13.0. The van der Waals surface area contributed by atoms with Crippen molar-refractivity contribution in [1.82, 2.24) is 9.80 Å². The van der Waals surface area contributed by atoms with Gasteiger partial charge in [0.05, 0.1) is 0 Å². The molecule has 2 aromatic carbocycles. The normalized spacial score (nSPS) is 10.3. The zero-order chi connectivity index (χ0) is 17.5. The minimum absolute atomic E-state index is 0.00393. The average Bonchev–Trinajstić information content (AvgIpc) is 2.56. The molecule has 0 fully saturated rings. The van der Waals surface area contributed by atoms with Gasteiger partial charge in [0.15, 0.2) is 0 Å². The second-order valence-corrected chi connectivity index (χ2v) is 5.74. The maximum atomic E-state index is 13.0. The Labute approximate surface area is 141 Å². The molecule has 5 heteroatoms. The standard InChI is InChI=1S/C19H21FN2O2/c1-15(23)22(13-17-8-10-18(20)11-9-17)14-19(24)21(2)12-16-6-4-3-5-7-16/h3-11H,12-14H2,1-2H3. The van der Waals surface area contributed by atoms with Crippen LogP contribution in [0.2, 0.25) is 0 Å². The van der Waals surface area contributed by atoms with Crippen LogP contribution in [0.5, 0.6) is 0 Å². The second kappa shape index (κ2) is 8.24. The number of carbonyl (C=O) groups is 2. The summed E-state index contributed by atoms with van der Waals surface area (Å²) in [7, 11) is 1.71. The van der Waals surface area contributed by atoms with Crippen molar-refractivity contribution in [2.75, 3.05) is 13.6 Å². The molecule has 0 saturated carbocycles. The number of hydrogen-bond donors (Lipinski definition) is 0. The van der Waals surface area contributed by atoms with E-state index in [0.717, 1.165) is 11.1 Å². The number of benzene rings is 2. The molecule has 0 N–H and O–H groups in total. The molecule has 2 rings (SSSR count). The van der Waals surface area contributed by atoms with Crippen LogP contribution in [0.1, 0.15) is 18.1 Å². The number of rotatable bonds is 6. The quantitative estimate of drug-likeness (QED) is 0.818. The monoisotopic (exact) mass is 328 g/mol. The Morgan fingerprint density at radius 2 is 1.50 bits per heavy atom. The average molecular weight is 328 g/mol. The highest BCUT2D eigenvalue weighted by Crippen LogP contribution is 2.09. The SMILES string of the molecule is CC(=O)N(CC(=O)N(C)Cc1ccccc1)Cc1ccc(F)cc1. The van der Waals surface area contributed by atoms with E-state index in [2.05, 4.69) is 0 Å². The molecule has 2 aromatic rings. The van der Waals surface area contributed by atoms with Crippen molar-refractivity contribution in [3.63, 3.8) is 0 Å². The summed E-state index contributed by atoms with van der Waals surface area (Å²) in [5, 5.41) is 0. The summed E-state index contributed by atoms with van der Waals surface area (Å²) in [4.78, 5) is 27.2. The van der Waals surface area contributed by atoms with Gasteiger partial charge >= 0.3 is 0 Å². The summed E-state index contributed by atoms with van der Waals surface area (Å²) in [6.45, 7) is 2.19. The third kappa shape index (κ3) is 5.19. The van der Waals surface area contributed by atoms with E-state index < -0.39 is 0 Å². The van der Waals surface area contributed by atoms with Gasteiger partial charge in [-0.1, -0.05) is 42.5 Å². The van der Waals surface area contributed by atoms with Gasteiger partial charge in [-0.15, -0.1) is 0 Å². The van der Waals surface area contributed by atoms with Crippen LogP contribution < -0.4 is 0 Å². The number of halogens is 1. The van der Waals surface area contributed by atoms with E-state index >= 15 is 0 Å². The van der Waals surface area contributed by atoms with Crippen LogP contribution in [0.4, 0.5) is 4.39 Å². The summed E-state index contributed by atoms with van der Waals surface area (Å²) in [5.74, 6) is -0.663. The Hall–Kier alpha value is -2.69. The molecular formula is C19H21FN2O2. The number of hydrogen-bond acceptors (Lipinski definition) is 2. The fraction of sp³-hybridized carbons (Fsp3) is 0.263. The van der Waals surface area contributed by atoms with E-state index in [1.807, 2.05) is 30.3 Å². The Balaban J connectivity index is 1.97. The van der Waals surface area contributed by atoms with E-state index in [9.17, 15) is 14.0 Å². The van der Waals surface area contributed by atoms with Gasteiger partial charge in [0, 0.05) is 27.1 Å². The first-order valence-electron chi connectivity index (χ1n) is 7.73. The molecular weight excluding hydrogens is 307 g/mol. The number of amides is 2. The summed E-state index contributed by atoms with van der Waals surface area (Å²) >= 11 is 0.